The maximum atomic E-state index is 12.1. The maximum Gasteiger partial charge on any atom is 0.337 e. The van der Waals surface area contributed by atoms with Crippen LogP contribution in [0.25, 0.3) is 0 Å². The summed E-state index contributed by atoms with van der Waals surface area (Å²) in [6.45, 7) is 2.57. The second-order valence-corrected chi connectivity index (χ2v) is 11.6. The first kappa shape index (κ1) is 32.8. The van der Waals surface area contributed by atoms with Crippen molar-refractivity contribution >= 4 is 11.9 Å². The van der Waals surface area contributed by atoms with Crippen LogP contribution in [-0.2, 0) is 40.1 Å². The molecule has 4 aromatic carbocycles. The molecule has 4 aromatic rings. The van der Waals surface area contributed by atoms with Crippen molar-refractivity contribution in [3.63, 3.8) is 0 Å². The topological polar surface area (TPSA) is 74.3 Å². The Balaban J connectivity index is 1.21. The van der Waals surface area contributed by atoms with E-state index in [9.17, 15) is 9.59 Å². The number of carbonyl (C=O) groups is 2. The Morgan fingerprint density at radius 2 is 1.48 bits per heavy atom. The van der Waals surface area contributed by atoms with Gasteiger partial charge in [-0.2, -0.15) is 0 Å². The SMILES string of the molecule is COC(=O)CCCCN(CCc1ccccc1OCc1ccc(CCc2ccccc2)cc1)C1COc2cc(C(=O)OC)ccc21. The number of benzene rings is 4. The van der Waals surface area contributed by atoms with E-state index < -0.39 is 0 Å². The summed E-state index contributed by atoms with van der Waals surface area (Å²) in [6.07, 6.45) is 4.82. The van der Waals surface area contributed by atoms with Crippen LogP contribution in [-0.4, -0.2) is 50.8 Å². The lowest BCUT2D eigenvalue weighted by Crippen LogP contribution is -2.33. The third-order valence-electron chi connectivity index (χ3n) is 8.54. The molecule has 0 bridgehead atoms. The van der Waals surface area contributed by atoms with Gasteiger partial charge in [0, 0.05) is 18.5 Å². The molecule has 0 saturated carbocycles. The fourth-order valence-corrected chi connectivity index (χ4v) is 5.86. The first-order valence-corrected chi connectivity index (χ1v) is 16.0. The average molecular weight is 622 g/mol. The zero-order valence-electron chi connectivity index (χ0n) is 26.8. The molecule has 7 heteroatoms. The van der Waals surface area contributed by atoms with Crippen molar-refractivity contribution in [1.82, 2.24) is 4.90 Å². The van der Waals surface area contributed by atoms with Crippen LogP contribution >= 0.6 is 0 Å². The Morgan fingerprint density at radius 3 is 2.24 bits per heavy atom. The van der Waals surface area contributed by atoms with Crippen molar-refractivity contribution in [2.75, 3.05) is 33.9 Å². The number of ether oxygens (including phenoxy) is 4. The van der Waals surface area contributed by atoms with Crippen molar-refractivity contribution in [1.29, 1.82) is 0 Å². The van der Waals surface area contributed by atoms with Crippen LogP contribution in [0.1, 0.15) is 63.5 Å². The van der Waals surface area contributed by atoms with Crippen molar-refractivity contribution in [3.05, 3.63) is 130 Å². The van der Waals surface area contributed by atoms with Crippen molar-refractivity contribution < 1.29 is 28.5 Å². The summed E-state index contributed by atoms with van der Waals surface area (Å²) in [5.41, 5.74) is 6.47. The Kier molecular flexibility index (Phi) is 11.8. The molecule has 1 atom stereocenters. The van der Waals surface area contributed by atoms with E-state index in [0.29, 0.717) is 30.9 Å². The second-order valence-electron chi connectivity index (χ2n) is 11.6. The van der Waals surface area contributed by atoms with Crippen LogP contribution in [0.3, 0.4) is 0 Å². The molecule has 0 fully saturated rings. The summed E-state index contributed by atoms with van der Waals surface area (Å²) in [6, 6.07) is 33.0. The molecule has 1 aliphatic heterocycles. The summed E-state index contributed by atoms with van der Waals surface area (Å²) in [4.78, 5) is 26.2. The van der Waals surface area contributed by atoms with Crippen molar-refractivity contribution in [2.45, 2.75) is 51.2 Å². The normalized spacial score (nSPS) is 13.6. The summed E-state index contributed by atoms with van der Waals surface area (Å²) in [7, 11) is 2.80. The lowest BCUT2D eigenvalue weighted by atomic mass is 10.0. The number of hydrogen-bond acceptors (Lipinski definition) is 7. The van der Waals surface area contributed by atoms with E-state index in [4.69, 9.17) is 18.9 Å². The predicted molar refractivity (Wildman–Crippen MR) is 178 cm³/mol. The smallest absolute Gasteiger partial charge is 0.337 e. The van der Waals surface area contributed by atoms with Gasteiger partial charge >= 0.3 is 11.9 Å². The standard InChI is InChI=1S/C39H43NO6/c1-43-38(41)14-8-9-24-40(35-28-46-37-26-33(39(42)44-2)21-22-34(35)37)25-23-32-12-6-7-13-36(32)45-27-31-19-17-30(18-20-31)16-15-29-10-4-3-5-11-29/h3-7,10-13,17-22,26,35H,8-9,14-16,23-25,27-28H2,1-2H3. The molecule has 1 aliphatic rings. The fourth-order valence-electron chi connectivity index (χ4n) is 5.86. The monoisotopic (exact) mass is 621 g/mol. The molecule has 5 rings (SSSR count). The Labute approximate surface area is 272 Å². The van der Waals surface area contributed by atoms with E-state index in [1.165, 1.54) is 25.3 Å². The Hall–Kier alpha value is -4.62. The molecule has 0 aromatic heterocycles. The van der Waals surface area contributed by atoms with E-state index in [0.717, 1.165) is 67.6 Å². The third kappa shape index (κ3) is 8.98. The summed E-state index contributed by atoms with van der Waals surface area (Å²) in [5.74, 6) is 1.02. The molecule has 0 aliphatic carbocycles. The molecule has 0 saturated heterocycles. The molecule has 0 amide bonds. The first-order valence-electron chi connectivity index (χ1n) is 16.0. The number of aryl methyl sites for hydroxylation is 2. The maximum absolute atomic E-state index is 12.1. The summed E-state index contributed by atoms with van der Waals surface area (Å²) in [5, 5.41) is 0. The van der Waals surface area contributed by atoms with Crippen LogP contribution in [0.2, 0.25) is 0 Å². The van der Waals surface area contributed by atoms with Gasteiger partial charge < -0.3 is 18.9 Å². The number of rotatable bonds is 16. The number of hydrogen-bond donors (Lipinski definition) is 0. The largest absolute Gasteiger partial charge is 0.491 e. The van der Waals surface area contributed by atoms with E-state index in [1.807, 2.05) is 24.3 Å². The minimum atomic E-state index is -0.384. The van der Waals surface area contributed by atoms with Crippen LogP contribution in [0.4, 0.5) is 0 Å². The number of nitrogens with zero attached hydrogens (tertiary/aromatic N) is 1. The highest BCUT2D eigenvalue weighted by molar-refractivity contribution is 5.90. The van der Waals surface area contributed by atoms with Gasteiger partial charge in [-0.1, -0.05) is 78.9 Å². The number of unbranched alkanes of at least 4 members (excludes halogenated alkanes) is 1. The van der Waals surface area contributed by atoms with Gasteiger partial charge in [0.25, 0.3) is 0 Å². The van der Waals surface area contributed by atoms with Crippen LogP contribution < -0.4 is 9.47 Å². The van der Waals surface area contributed by atoms with Gasteiger partial charge in [-0.25, -0.2) is 4.79 Å². The van der Waals surface area contributed by atoms with Crippen LogP contribution in [0.5, 0.6) is 11.5 Å². The van der Waals surface area contributed by atoms with Gasteiger partial charge in [-0.15, -0.1) is 0 Å². The number of methoxy groups -OCH3 is 2. The molecule has 0 N–H and O–H groups in total. The number of para-hydroxylation sites is 1. The predicted octanol–water partition coefficient (Wildman–Crippen LogP) is 7.16. The van der Waals surface area contributed by atoms with Crippen LogP contribution in [0, 0.1) is 0 Å². The Bertz CT molecular complexity index is 1570. The zero-order chi connectivity index (χ0) is 32.1. The highest BCUT2D eigenvalue weighted by Crippen LogP contribution is 2.37. The fraction of sp³-hybridized carbons (Fsp3) is 0.333. The molecule has 1 unspecified atom stereocenters. The number of fused-ring (bicyclic) bond motifs is 1. The lowest BCUT2D eigenvalue weighted by Gasteiger charge is -2.28. The number of esters is 2. The minimum Gasteiger partial charge on any atom is -0.491 e. The number of carbonyl (C=O) groups excluding carboxylic acids is 2. The summed E-state index contributed by atoms with van der Waals surface area (Å²) < 4.78 is 22.1. The molecule has 0 spiro atoms. The van der Waals surface area contributed by atoms with Gasteiger partial charge in [0.05, 0.1) is 25.8 Å². The highest BCUT2D eigenvalue weighted by Gasteiger charge is 2.30. The molecular weight excluding hydrogens is 578 g/mol. The van der Waals surface area contributed by atoms with E-state index in [-0.39, 0.29) is 18.0 Å². The van der Waals surface area contributed by atoms with Gasteiger partial charge in [0.1, 0.15) is 24.7 Å². The molecule has 7 nitrogen and oxygen atoms in total. The zero-order valence-corrected chi connectivity index (χ0v) is 26.8. The molecule has 0 radical (unpaired) electrons. The second kappa shape index (κ2) is 16.6. The molecule has 1 heterocycles. The Morgan fingerprint density at radius 1 is 0.761 bits per heavy atom. The summed E-state index contributed by atoms with van der Waals surface area (Å²) >= 11 is 0. The van der Waals surface area contributed by atoms with Gasteiger partial charge in [0.2, 0.25) is 0 Å². The molecular formula is C39H43NO6. The highest BCUT2D eigenvalue weighted by atomic mass is 16.5. The van der Waals surface area contributed by atoms with Gasteiger partial charge in [-0.05, 0) is 79.1 Å². The van der Waals surface area contributed by atoms with E-state index in [2.05, 4.69) is 65.6 Å². The van der Waals surface area contributed by atoms with Crippen molar-refractivity contribution in [2.24, 2.45) is 0 Å². The molecule has 240 valence electrons. The third-order valence-corrected chi connectivity index (χ3v) is 8.54. The van der Waals surface area contributed by atoms with Crippen molar-refractivity contribution in [3.8, 4) is 11.5 Å². The average Bonchev–Trinajstić information content (AvgIpc) is 3.53. The quantitative estimate of drug-likeness (QED) is 0.0971. The minimum absolute atomic E-state index is 0.0355. The lowest BCUT2D eigenvalue weighted by molar-refractivity contribution is -0.140. The van der Waals surface area contributed by atoms with E-state index in [1.54, 1.807) is 12.1 Å². The van der Waals surface area contributed by atoms with E-state index >= 15 is 0 Å². The van der Waals surface area contributed by atoms with Gasteiger partial charge in [-0.3, -0.25) is 9.69 Å². The van der Waals surface area contributed by atoms with Gasteiger partial charge in [0.15, 0.2) is 0 Å². The van der Waals surface area contributed by atoms with Crippen LogP contribution in [0.15, 0.2) is 97.1 Å². The first-order chi connectivity index (χ1) is 22.5. The molecule has 46 heavy (non-hydrogen) atoms.